The smallest absolute Gasteiger partial charge is 0.308 e. The molecule has 1 aromatic heterocycles. The van der Waals surface area contributed by atoms with Gasteiger partial charge in [-0.15, -0.1) is 11.3 Å². The van der Waals surface area contributed by atoms with Crippen molar-refractivity contribution in [1.29, 1.82) is 0 Å². The first-order chi connectivity index (χ1) is 11.1. The zero-order valence-electron chi connectivity index (χ0n) is 13.0. The van der Waals surface area contributed by atoms with Gasteiger partial charge in [-0.25, -0.2) is 0 Å². The number of nitrogens with zero attached hydrogens (tertiary/aromatic N) is 1. The molecule has 1 unspecified atom stereocenters. The van der Waals surface area contributed by atoms with Gasteiger partial charge in [0.15, 0.2) is 0 Å². The Morgan fingerprint density at radius 1 is 1.30 bits per heavy atom. The summed E-state index contributed by atoms with van der Waals surface area (Å²) in [6.07, 6.45) is 3.67. The van der Waals surface area contributed by atoms with E-state index in [4.69, 9.17) is 5.11 Å². The average molecular weight is 331 g/mol. The van der Waals surface area contributed by atoms with E-state index in [9.17, 15) is 9.59 Å². The first-order valence-corrected chi connectivity index (χ1v) is 8.99. The maximum atomic E-state index is 12.3. The van der Waals surface area contributed by atoms with Crippen LogP contribution in [0.3, 0.4) is 0 Å². The summed E-state index contributed by atoms with van der Waals surface area (Å²) in [7, 11) is 0. The monoisotopic (exact) mass is 331 g/mol. The number of hydrogen-bond acceptors (Lipinski definition) is 3. The molecule has 0 radical (unpaired) electrons. The summed E-state index contributed by atoms with van der Waals surface area (Å²) in [4.78, 5) is 25.1. The van der Waals surface area contributed by atoms with Crippen LogP contribution in [0.15, 0.2) is 29.6 Å². The number of thiophene rings is 1. The fourth-order valence-electron chi connectivity index (χ4n) is 3.22. The lowest BCUT2D eigenvalue weighted by Gasteiger charge is -2.30. The van der Waals surface area contributed by atoms with Gasteiger partial charge >= 0.3 is 5.97 Å². The third kappa shape index (κ3) is 3.72. The Bertz CT molecular complexity index is 709. The van der Waals surface area contributed by atoms with E-state index in [0.717, 1.165) is 19.3 Å². The van der Waals surface area contributed by atoms with Gasteiger partial charge < -0.3 is 10.0 Å². The standard InChI is InChI=1S/C18H21NO3S/c20-17(19-10-4-6-13(11-19)18(21)22)9-3-5-14-12-23-16-8-2-1-7-15(14)16/h1-2,7-8,12-13H,3-6,9-11H2,(H,21,22). The van der Waals surface area contributed by atoms with E-state index in [0.29, 0.717) is 25.9 Å². The lowest BCUT2D eigenvalue weighted by molar-refractivity contribution is -0.145. The molecule has 1 fully saturated rings. The molecule has 1 N–H and O–H groups in total. The Labute approximate surface area is 139 Å². The number of hydrogen-bond donors (Lipinski definition) is 1. The minimum Gasteiger partial charge on any atom is -0.481 e. The van der Waals surface area contributed by atoms with E-state index in [-0.39, 0.29) is 5.91 Å². The fraction of sp³-hybridized carbons (Fsp3) is 0.444. The molecule has 1 aliphatic heterocycles. The highest BCUT2D eigenvalue weighted by molar-refractivity contribution is 7.17. The van der Waals surface area contributed by atoms with Crippen LogP contribution in [-0.2, 0) is 16.0 Å². The van der Waals surface area contributed by atoms with Crippen LogP contribution >= 0.6 is 11.3 Å². The number of amides is 1. The van der Waals surface area contributed by atoms with Gasteiger partial charge in [0.2, 0.25) is 5.91 Å². The molecule has 0 bridgehead atoms. The number of likely N-dealkylation sites (tertiary alicyclic amines) is 1. The van der Waals surface area contributed by atoms with Gasteiger partial charge in [0.05, 0.1) is 5.92 Å². The number of piperidine rings is 1. The van der Waals surface area contributed by atoms with Crippen LogP contribution in [0.4, 0.5) is 0 Å². The number of benzene rings is 1. The molecule has 1 amide bonds. The highest BCUT2D eigenvalue weighted by atomic mass is 32.1. The van der Waals surface area contributed by atoms with Crippen molar-refractivity contribution in [2.75, 3.05) is 13.1 Å². The predicted molar refractivity (Wildman–Crippen MR) is 91.7 cm³/mol. The first-order valence-electron chi connectivity index (χ1n) is 8.11. The summed E-state index contributed by atoms with van der Waals surface area (Å²) in [5.41, 5.74) is 1.31. The number of aryl methyl sites for hydroxylation is 1. The van der Waals surface area contributed by atoms with Crippen LogP contribution in [0.5, 0.6) is 0 Å². The Morgan fingerprint density at radius 3 is 2.96 bits per heavy atom. The molecule has 3 rings (SSSR count). The minimum atomic E-state index is -0.785. The minimum absolute atomic E-state index is 0.0930. The van der Waals surface area contributed by atoms with Gasteiger partial charge in [-0.3, -0.25) is 9.59 Å². The summed E-state index contributed by atoms with van der Waals surface area (Å²) in [6.45, 7) is 1.07. The zero-order valence-corrected chi connectivity index (χ0v) is 13.8. The molecular weight excluding hydrogens is 310 g/mol. The Kier molecular flexibility index (Phi) is 4.96. The van der Waals surface area contributed by atoms with Gasteiger partial charge in [-0.2, -0.15) is 0 Å². The summed E-state index contributed by atoms with van der Waals surface area (Å²) < 4.78 is 1.29. The molecule has 5 heteroatoms. The van der Waals surface area contributed by atoms with Gasteiger partial charge in [0, 0.05) is 24.2 Å². The number of carbonyl (C=O) groups excluding carboxylic acids is 1. The van der Waals surface area contributed by atoms with Crippen LogP contribution in [-0.4, -0.2) is 35.0 Å². The molecule has 1 saturated heterocycles. The molecule has 1 aliphatic rings. The molecule has 23 heavy (non-hydrogen) atoms. The summed E-state index contributed by atoms with van der Waals surface area (Å²) >= 11 is 1.74. The number of carbonyl (C=O) groups is 2. The third-order valence-corrected chi connectivity index (χ3v) is 5.53. The molecule has 1 atom stereocenters. The molecule has 2 aromatic rings. The molecule has 0 saturated carbocycles. The fourth-order valence-corrected chi connectivity index (χ4v) is 4.22. The van der Waals surface area contributed by atoms with E-state index in [1.54, 1.807) is 16.2 Å². The van der Waals surface area contributed by atoms with E-state index >= 15 is 0 Å². The molecule has 122 valence electrons. The normalized spacial score (nSPS) is 18.3. The average Bonchev–Trinajstić information content (AvgIpc) is 2.98. The van der Waals surface area contributed by atoms with Gasteiger partial charge in [0.25, 0.3) is 0 Å². The van der Waals surface area contributed by atoms with Crippen LogP contribution < -0.4 is 0 Å². The topological polar surface area (TPSA) is 57.6 Å². The summed E-state index contributed by atoms with van der Waals surface area (Å²) in [5, 5.41) is 12.6. The quantitative estimate of drug-likeness (QED) is 0.911. The molecule has 4 nitrogen and oxygen atoms in total. The number of fused-ring (bicyclic) bond motifs is 1. The van der Waals surface area contributed by atoms with E-state index in [2.05, 4.69) is 17.5 Å². The molecular formula is C18H21NO3S. The van der Waals surface area contributed by atoms with E-state index in [1.165, 1.54) is 15.6 Å². The van der Waals surface area contributed by atoms with Crippen molar-refractivity contribution < 1.29 is 14.7 Å². The predicted octanol–water partition coefficient (Wildman–Crippen LogP) is 3.55. The van der Waals surface area contributed by atoms with Gasteiger partial charge in [-0.05, 0) is 48.1 Å². The van der Waals surface area contributed by atoms with Crippen molar-refractivity contribution in [1.82, 2.24) is 4.90 Å². The zero-order chi connectivity index (χ0) is 16.2. The molecule has 0 aliphatic carbocycles. The Hall–Kier alpha value is -1.88. The number of carboxylic acids is 1. The molecule has 0 spiro atoms. The first kappa shape index (κ1) is 16.0. The number of aliphatic carboxylic acids is 1. The third-order valence-electron chi connectivity index (χ3n) is 4.52. The van der Waals surface area contributed by atoms with Crippen molar-refractivity contribution in [3.63, 3.8) is 0 Å². The van der Waals surface area contributed by atoms with Crippen molar-refractivity contribution in [3.05, 3.63) is 35.2 Å². The Morgan fingerprint density at radius 2 is 2.13 bits per heavy atom. The van der Waals surface area contributed by atoms with Crippen LogP contribution in [0.1, 0.15) is 31.2 Å². The molecule has 1 aromatic carbocycles. The lowest BCUT2D eigenvalue weighted by atomic mass is 9.97. The van der Waals surface area contributed by atoms with Crippen molar-refractivity contribution in [2.24, 2.45) is 5.92 Å². The van der Waals surface area contributed by atoms with Crippen LogP contribution in [0.2, 0.25) is 0 Å². The highest BCUT2D eigenvalue weighted by Crippen LogP contribution is 2.27. The largest absolute Gasteiger partial charge is 0.481 e. The van der Waals surface area contributed by atoms with E-state index in [1.807, 2.05) is 12.1 Å². The maximum absolute atomic E-state index is 12.3. The SMILES string of the molecule is O=C(O)C1CCCN(C(=O)CCCc2csc3ccccc23)C1. The van der Waals surface area contributed by atoms with Crippen LogP contribution in [0, 0.1) is 5.92 Å². The summed E-state index contributed by atoms with van der Waals surface area (Å²) in [6, 6.07) is 8.34. The van der Waals surface area contributed by atoms with Crippen molar-refractivity contribution >= 4 is 33.3 Å². The molecule has 2 heterocycles. The van der Waals surface area contributed by atoms with Gasteiger partial charge in [-0.1, -0.05) is 18.2 Å². The van der Waals surface area contributed by atoms with Gasteiger partial charge in [0.1, 0.15) is 0 Å². The lowest BCUT2D eigenvalue weighted by Crippen LogP contribution is -2.42. The maximum Gasteiger partial charge on any atom is 0.308 e. The second kappa shape index (κ2) is 7.13. The second-order valence-electron chi connectivity index (χ2n) is 6.13. The Balaban J connectivity index is 1.52. The van der Waals surface area contributed by atoms with Crippen molar-refractivity contribution in [2.45, 2.75) is 32.1 Å². The second-order valence-corrected chi connectivity index (χ2v) is 7.04. The van der Waals surface area contributed by atoms with Crippen LogP contribution in [0.25, 0.3) is 10.1 Å². The van der Waals surface area contributed by atoms with E-state index < -0.39 is 11.9 Å². The number of carboxylic acid groups (broad SMARTS) is 1. The highest BCUT2D eigenvalue weighted by Gasteiger charge is 2.27. The number of rotatable bonds is 5. The summed E-state index contributed by atoms with van der Waals surface area (Å²) in [5.74, 6) is -1.09. The van der Waals surface area contributed by atoms with Crippen molar-refractivity contribution in [3.8, 4) is 0 Å².